The summed E-state index contributed by atoms with van der Waals surface area (Å²) in [6.07, 6.45) is 1.71. The van der Waals surface area contributed by atoms with E-state index in [0.29, 0.717) is 22.3 Å². The number of benzene rings is 1. The Morgan fingerprint density at radius 1 is 1.30 bits per heavy atom. The molecule has 0 atom stereocenters. The van der Waals surface area contributed by atoms with Crippen molar-refractivity contribution in [2.45, 2.75) is 6.54 Å². The van der Waals surface area contributed by atoms with Crippen molar-refractivity contribution in [3.63, 3.8) is 0 Å². The van der Waals surface area contributed by atoms with Crippen LogP contribution in [0.1, 0.15) is 5.69 Å². The fourth-order valence-corrected chi connectivity index (χ4v) is 2.17. The third-order valence-corrected chi connectivity index (χ3v) is 3.37. The summed E-state index contributed by atoms with van der Waals surface area (Å²) in [4.78, 5) is 11.8. The number of nitrogens with zero attached hydrogens (tertiary/aromatic N) is 2. The Labute approximate surface area is 126 Å². The fraction of sp³-hybridized carbons (Fsp3) is 0.231. The van der Waals surface area contributed by atoms with Crippen molar-refractivity contribution < 1.29 is 4.79 Å². The third kappa shape index (κ3) is 3.72. The average molecular weight is 313 g/mol. The van der Waals surface area contributed by atoms with E-state index < -0.39 is 0 Å². The first-order chi connectivity index (χ1) is 9.58. The van der Waals surface area contributed by atoms with E-state index in [1.54, 1.807) is 29.1 Å². The average Bonchev–Trinajstić information content (AvgIpc) is 2.80. The molecule has 1 aromatic carbocycles. The summed E-state index contributed by atoms with van der Waals surface area (Å²) in [7, 11) is 1.85. The van der Waals surface area contributed by atoms with Crippen LogP contribution >= 0.6 is 23.2 Å². The monoisotopic (exact) mass is 312 g/mol. The number of para-hydroxylation sites is 1. The van der Waals surface area contributed by atoms with E-state index in [2.05, 4.69) is 15.7 Å². The molecule has 2 rings (SSSR count). The van der Waals surface area contributed by atoms with E-state index >= 15 is 0 Å². The van der Waals surface area contributed by atoms with Gasteiger partial charge < -0.3 is 10.6 Å². The summed E-state index contributed by atoms with van der Waals surface area (Å²) in [6.45, 7) is 0.715. The van der Waals surface area contributed by atoms with Gasteiger partial charge in [-0.3, -0.25) is 9.48 Å². The molecule has 1 amide bonds. The van der Waals surface area contributed by atoms with E-state index in [-0.39, 0.29) is 12.5 Å². The topological polar surface area (TPSA) is 59.0 Å². The van der Waals surface area contributed by atoms with Gasteiger partial charge in [0.05, 0.1) is 28.0 Å². The van der Waals surface area contributed by atoms with Gasteiger partial charge in [-0.05, 0) is 18.2 Å². The van der Waals surface area contributed by atoms with E-state index in [0.717, 1.165) is 5.69 Å². The molecule has 0 spiro atoms. The molecule has 2 aromatic rings. The number of anilines is 1. The van der Waals surface area contributed by atoms with E-state index in [1.165, 1.54) is 0 Å². The zero-order valence-electron chi connectivity index (χ0n) is 10.9. The second kappa shape index (κ2) is 6.74. The molecular weight excluding hydrogens is 299 g/mol. The van der Waals surface area contributed by atoms with Crippen molar-refractivity contribution in [2.75, 3.05) is 11.9 Å². The molecule has 0 saturated carbocycles. The van der Waals surface area contributed by atoms with Crippen molar-refractivity contribution in [1.29, 1.82) is 0 Å². The molecule has 1 heterocycles. The van der Waals surface area contributed by atoms with Crippen molar-refractivity contribution in [3.05, 3.63) is 46.2 Å². The molecule has 20 heavy (non-hydrogen) atoms. The van der Waals surface area contributed by atoms with Gasteiger partial charge in [0.15, 0.2) is 0 Å². The van der Waals surface area contributed by atoms with E-state index in [1.807, 2.05) is 13.1 Å². The van der Waals surface area contributed by atoms with Crippen LogP contribution < -0.4 is 10.6 Å². The molecule has 0 aliphatic heterocycles. The number of halogens is 2. The summed E-state index contributed by atoms with van der Waals surface area (Å²) in [5.74, 6) is -0.206. The maximum atomic E-state index is 11.8. The molecule has 0 aliphatic rings. The molecule has 5 nitrogen and oxygen atoms in total. The number of carbonyl (C=O) groups excluding carboxylic acids is 1. The molecular formula is C13H14Cl2N4O. The Morgan fingerprint density at radius 3 is 2.60 bits per heavy atom. The predicted molar refractivity (Wildman–Crippen MR) is 80.0 cm³/mol. The molecule has 1 aromatic heterocycles. The third-order valence-electron chi connectivity index (χ3n) is 2.74. The van der Waals surface area contributed by atoms with E-state index in [9.17, 15) is 4.79 Å². The van der Waals surface area contributed by atoms with Crippen LogP contribution in [-0.2, 0) is 18.4 Å². The van der Waals surface area contributed by atoms with Crippen LogP contribution in [0.25, 0.3) is 0 Å². The minimum atomic E-state index is -0.206. The highest BCUT2D eigenvalue weighted by atomic mass is 35.5. The normalized spacial score (nSPS) is 10.6. The van der Waals surface area contributed by atoms with Crippen LogP contribution in [0.4, 0.5) is 5.69 Å². The van der Waals surface area contributed by atoms with Crippen molar-refractivity contribution in [3.8, 4) is 0 Å². The first-order valence-electron chi connectivity index (χ1n) is 5.99. The van der Waals surface area contributed by atoms with Gasteiger partial charge in [-0.25, -0.2) is 0 Å². The van der Waals surface area contributed by atoms with Gasteiger partial charge in [0, 0.05) is 19.8 Å². The Morgan fingerprint density at radius 2 is 2.00 bits per heavy atom. The SMILES string of the molecule is Cn1nccc1CNCC(=O)Nc1c(Cl)cccc1Cl. The van der Waals surface area contributed by atoms with Gasteiger partial charge >= 0.3 is 0 Å². The number of carbonyl (C=O) groups is 1. The van der Waals surface area contributed by atoms with Gasteiger partial charge in [0.1, 0.15) is 0 Å². The van der Waals surface area contributed by atoms with Crippen LogP contribution in [0.5, 0.6) is 0 Å². The van der Waals surface area contributed by atoms with Crippen LogP contribution in [0.3, 0.4) is 0 Å². The summed E-state index contributed by atoms with van der Waals surface area (Å²) in [6, 6.07) is 6.95. The largest absolute Gasteiger partial charge is 0.322 e. The van der Waals surface area contributed by atoms with Gasteiger partial charge in [-0.1, -0.05) is 29.3 Å². The summed E-state index contributed by atoms with van der Waals surface area (Å²) < 4.78 is 1.75. The lowest BCUT2D eigenvalue weighted by Gasteiger charge is -2.09. The van der Waals surface area contributed by atoms with Gasteiger partial charge in [-0.2, -0.15) is 5.10 Å². The standard InChI is InChI=1S/C13H14Cl2N4O/c1-19-9(5-6-17-19)7-16-8-12(20)18-13-10(14)3-2-4-11(13)15/h2-6,16H,7-8H2,1H3,(H,18,20). The number of aromatic nitrogens is 2. The molecule has 0 radical (unpaired) electrons. The Bertz CT molecular complexity index is 592. The second-order valence-electron chi connectivity index (χ2n) is 4.19. The first kappa shape index (κ1) is 14.8. The lowest BCUT2D eigenvalue weighted by molar-refractivity contribution is -0.115. The molecule has 106 valence electrons. The van der Waals surface area contributed by atoms with Gasteiger partial charge in [0.25, 0.3) is 0 Å². The lowest BCUT2D eigenvalue weighted by Crippen LogP contribution is -2.28. The highest BCUT2D eigenvalue weighted by Gasteiger charge is 2.09. The predicted octanol–water partition coefficient (Wildman–Crippen LogP) is 2.46. The molecule has 7 heteroatoms. The first-order valence-corrected chi connectivity index (χ1v) is 6.75. The second-order valence-corrected chi connectivity index (χ2v) is 5.01. The maximum absolute atomic E-state index is 11.8. The lowest BCUT2D eigenvalue weighted by atomic mass is 10.3. The van der Waals surface area contributed by atoms with Crippen LogP contribution in [0.15, 0.2) is 30.5 Å². The fourth-order valence-electron chi connectivity index (χ4n) is 1.68. The summed E-state index contributed by atoms with van der Waals surface area (Å²) in [5, 5.41) is 10.6. The van der Waals surface area contributed by atoms with Gasteiger partial charge in [0.2, 0.25) is 5.91 Å². The van der Waals surface area contributed by atoms with Crippen LogP contribution in [-0.4, -0.2) is 22.2 Å². The Hall–Kier alpha value is -1.56. The number of hydrogen-bond donors (Lipinski definition) is 2. The smallest absolute Gasteiger partial charge is 0.238 e. The Kier molecular flexibility index (Phi) is 5.00. The number of hydrogen-bond acceptors (Lipinski definition) is 3. The molecule has 0 bridgehead atoms. The van der Waals surface area contributed by atoms with Crippen molar-refractivity contribution >= 4 is 34.8 Å². The number of amides is 1. The quantitative estimate of drug-likeness (QED) is 0.891. The minimum absolute atomic E-state index is 0.159. The minimum Gasteiger partial charge on any atom is -0.322 e. The van der Waals surface area contributed by atoms with Gasteiger partial charge in [-0.15, -0.1) is 0 Å². The van der Waals surface area contributed by atoms with Crippen LogP contribution in [0.2, 0.25) is 10.0 Å². The summed E-state index contributed by atoms with van der Waals surface area (Å²) in [5.41, 5.74) is 1.43. The molecule has 0 fully saturated rings. The van der Waals surface area contributed by atoms with Crippen molar-refractivity contribution in [1.82, 2.24) is 15.1 Å². The van der Waals surface area contributed by atoms with Crippen LogP contribution in [0, 0.1) is 0 Å². The highest BCUT2D eigenvalue weighted by molar-refractivity contribution is 6.39. The zero-order valence-corrected chi connectivity index (χ0v) is 12.4. The molecule has 0 unspecified atom stereocenters. The zero-order chi connectivity index (χ0) is 14.5. The number of nitrogens with one attached hydrogen (secondary N) is 2. The van der Waals surface area contributed by atoms with E-state index in [4.69, 9.17) is 23.2 Å². The maximum Gasteiger partial charge on any atom is 0.238 e. The molecule has 2 N–H and O–H groups in total. The molecule has 0 saturated heterocycles. The Balaban J connectivity index is 1.85. The van der Waals surface area contributed by atoms with Crippen molar-refractivity contribution in [2.24, 2.45) is 7.05 Å². The highest BCUT2D eigenvalue weighted by Crippen LogP contribution is 2.29. The number of rotatable bonds is 5. The summed E-state index contributed by atoms with van der Waals surface area (Å²) >= 11 is 12.0. The molecule has 0 aliphatic carbocycles. The number of aryl methyl sites for hydroxylation is 1.